The van der Waals surface area contributed by atoms with E-state index in [0.29, 0.717) is 30.5 Å². The second kappa shape index (κ2) is 7.14. The van der Waals surface area contributed by atoms with Gasteiger partial charge in [-0.2, -0.15) is 10.4 Å². The summed E-state index contributed by atoms with van der Waals surface area (Å²) in [6.07, 6.45) is 4.08. The molecule has 1 fully saturated rings. The Hall–Kier alpha value is -2.30. The van der Waals surface area contributed by atoms with E-state index < -0.39 is 0 Å². The molecule has 2 amide bonds. The third-order valence-corrected chi connectivity index (χ3v) is 6.24. The Bertz CT molecular complexity index is 899. The zero-order chi connectivity index (χ0) is 18.1. The minimum Gasteiger partial charge on any atom is -0.324 e. The van der Waals surface area contributed by atoms with Crippen molar-refractivity contribution in [1.82, 2.24) is 20.0 Å². The second-order valence-electron chi connectivity index (χ2n) is 6.51. The zero-order valence-corrected chi connectivity index (χ0v) is 15.7. The van der Waals surface area contributed by atoms with E-state index in [-0.39, 0.29) is 6.03 Å². The van der Waals surface area contributed by atoms with E-state index in [1.165, 1.54) is 11.3 Å². The predicted octanol–water partition coefficient (Wildman–Crippen LogP) is 3.68. The summed E-state index contributed by atoms with van der Waals surface area (Å²) in [4.78, 5) is 17.5. The maximum absolute atomic E-state index is 12.8. The summed E-state index contributed by atoms with van der Waals surface area (Å²) in [5, 5.41) is 16.6. The Morgan fingerprint density at radius 2 is 2.00 bits per heavy atom. The molecule has 0 aromatic carbocycles. The lowest BCUT2D eigenvalue weighted by molar-refractivity contribution is 0.144. The van der Waals surface area contributed by atoms with E-state index in [2.05, 4.69) is 16.3 Å². The van der Waals surface area contributed by atoms with Gasteiger partial charge in [-0.1, -0.05) is 11.6 Å². The highest BCUT2D eigenvalue weighted by atomic mass is 35.5. The number of likely N-dealkylation sites (tertiary alicyclic amines) is 1. The highest BCUT2D eigenvalue weighted by Crippen LogP contribution is 2.33. The number of urea groups is 1. The number of aromatic nitrogens is 2. The SMILES string of the molecule is N#CC(=C1CCN(C(=O)N2CCc3[nH]ncc3C2)CC1)c1ccc(Cl)s1. The van der Waals surface area contributed by atoms with Crippen LogP contribution in [-0.2, 0) is 13.0 Å². The number of H-pyrrole nitrogens is 1. The van der Waals surface area contributed by atoms with Crippen LogP contribution in [0.5, 0.6) is 0 Å². The van der Waals surface area contributed by atoms with Gasteiger partial charge in [-0.3, -0.25) is 5.10 Å². The third-order valence-electron chi connectivity index (χ3n) is 4.99. The van der Waals surface area contributed by atoms with Crippen LogP contribution >= 0.6 is 22.9 Å². The monoisotopic (exact) mass is 387 g/mol. The van der Waals surface area contributed by atoms with E-state index in [1.54, 1.807) is 6.20 Å². The van der Waals surface area contributed by atoms with Crippen molar-refractivity contribution in [2.24, 2.45) is 0 Å². The number of hydrogen-bond acceptors (Lipinski definition) is 4. The topological polar surface area (TPSA) is 76.0 Å². The molecule has 6 nitrogen and oxygen atoms in total. The number of aromatic amines is 1. The average molecular weight is 388 g/mol. The number of nitrogens with zero attached hydrogens (tertiary/aromatic N) is 4. The summed E-state index contributed by atoms with van der Waals surface area (Å²) in [6.45, 7) is 2.62. The molecule has 2 aliphatic rings. The maximum Gasteiger partial charge on any atom is 0.320 e. The Balaban J connectivity index is 1.43. The van der Waals surface area contributed by atoms with Gasteiger partial charge in [0, 0.05) is 42.2 Å². The van der Waals surface area contributed by atoms with Crippen LogP contribution in [0.2, 0.25) is 4.34 Å². The van der Waals surface area contributed by atoms with Crippen molar-refractivity contribution in [2.75, 3.05) is 19.6 Å². The van der Waals surface area contributed by atoms with Crippen molar-refractivity contribution in [1.29, 1.82) is 5.26 Å². The highest BCUT2D eigenvalue weighted by molar-refractivity contribution is 7.17. The fourth-order valence-corrected chi connectivity index (χ4v) is 4.65. The highest BCUT2D eigenvalue weighted by Gasteiger charge is 2.28. The summed E-state index contributed by atoms with van der Waals surface area (Å²) in [6, 6.07) is 6.11. The van der Waals surface area contributed by atoms with Gasteiger partial charge in [0.05, 0.1) is 22.7 Å². The number of carbonyl (C=O) groups excluding carboxylic acids is 1. The molecule has 134 valence electrons. The van der Waals surface area contributed by atoms with Gasteiger partial charge in [0.2, 0.25) is 0 Å². The molecule has 1 N–H and O–H groups in total. The van der Waals surface area contributed by atoms with E-state index in [0.717, 1.165) is 46.5 Å². The van der Waals surface area contributed by atoms with Crippen molar-refractivity contribution in [3.8, 4) is 6.07 Å². The van der Waals surface area contributed by atoms with Crippen molar-refractivity contribution in [2.45, 2.75) is 25.8 Å². The van der Waals surface area contributed by atoms with E-state index in [4.69, 9.17) is 11.6 Å². The number of nitrogens with one attached hydrogen (secondary N) is 1. The molecule has 0 radical (unpaired) electrons. The first kappa shape index (κ1) is 17.1. The van der Waals surface area contributed by atoms with Crippen molar-refractivity contribution < 1.29 is 4.79 Å². The molecule has 0 atom stereocenters. The molecule has 26 heavy (non-hydrogen) atoms. The van der Waals surface area contributed by atoms with Crippen molar-refractivity contribution in [3.05, 3.63) is 44.4 Å². The van der Waals surface area contributed by atoms with E-state index in [9.17, 15) is 10.1 Å². The molecule has 0 unspecified atom stereocenters. The number of halogens is 1. The Labute approximate surface area is 160 Å². The number of hydrogen-bond donors (Lipinski definition) is 1. The van der Waals surface area contributed by atoms with Crippen molar-refractivity contribution >= 4 is 34.5 Å². The van der Waals surface area contributed by atoms with Crippen LogP contribution in [0.4, 0.5) is 4.79 Å². The Morgan fingerprint density at radius 3 is 2.69 bits per heavy atom. The van der Waals surface area contributed by atoms with Gasteiger partial charge in [0.25, 0.3) is 0 Å². The summed E-state index contributed by atoms with van der Waals surface area (Å²) < 4.78 is 0.685. The fraction of sp³-hybridized carbons (Fsp3) is 0.389. The lowest BCUT2D eigenvalue weighted by Gasteiger charge is -2.35. The number of fused-ring (bicyclic) bond motifs is 1. The maximum atomic E-state index is 12.8. The summed E-state index contributed by atoms with van der Waals surface area (Å²) in [5.74, 6) is 0. The van der Waals surface area contributed by atoms with Gasteiger partial charge >= 0.3 is 6.03 Å². The molecule has 0 bridgehead atoms. The lowest BCUT2D eigenvalue weighted by atomic mass is 9.97. The molecule has 0 saturated carbocycles. The zero-order valence-electron chi connectivity index (χ0n) is 14.2. The van der Waals surface area contributed by atoms with Gasteiger partial charge in [0.1, 0.15) is 6.07 Å². The molecule has 8 heteroatoms. The largest absolute Gasteiger partial charge is 0.324 e. The number of carbonyl (C=O) groups is 1. The van der Waals surface area contributed by atoms with Crippen LogP contribution in [0.15, 0.2) is 23.9 Å². The second-order valence-corrected chi connectivity index (χ2v) is 8.22. The molecule has 1 saturated heterocycles. The lowest BCUT2D eigenvalue weighted by Crippen LogP contribution is -2.47. The number of piperidine rings is 1. The molecular formula is C18H18ClN5OS. The van der Waals surface area contributed by atoms with Crippen LogP contribution < -0.4 is 0 Å². The summed E-state index contributed by atoms with van der Waals surface area (Å²) in [7, 11) is 0. The number of thiophene rings is 1. The summed E-state index contributed by atoms with van der Waals surface area (Å²) >= 11 is 7.43. The fourth-order valence-electron chi connectivity index (χ4n) is 3.56. The molecular weight excluding hydrogens is 370 g/mol. The van der Waals surface area contributed by atoms with Crippen LogP contribution in [0, 0.1) is 11.3 Å². The van der Waals surface area contributed by atoms with Gasteiger partial charge in [0.15, 0.2) is 0 Å². The molecule has 2 aromatic heterocycles. The normalized spacial score (nSPS) is 17.0. The first-order valence-electron chi connectivity index (χ1n) is 8.58. The quantitative estimate of drug-likeness (QED) is 0.758. The predicted molar refractivity (Wildman–Crippen MR) is 101 cm³/mol. The van der Waals surface area contributed by atoms with E-state index >= 15 is 0 Å². The third kappa shape index (κ3) is 3.22. The Morgan fingerprint density at radius 1 is 1.23 bits per heavy atom. The molecule has 4 rings (SSSR count). The molecule has 2 aliphatic heterocycles. The minimum absolute atomic E-state index is 0.0774. The Kier molecular flexibility index (Phi) is 4.70. The van der Waals surface area contributed by atoms with Crippen LogP contribution in [0.3, 0.4) is 0 Å². The molecule has 0 aliphatic carbocycles. The standard InChI is InChI=1S/C18H18ClN5OS/c19-17-2-1-16(26-17)14(9-20)12-3-6-23(7-4-12)18(25)24-8-5-15-13(11-24)10-21-22-15/h1-2,10H,3-8,11H2,(H,21,22). The number of allylic oxidation sites excluding steroid dienone is 1. The summed E-state index contributed by atoms with van der Waals surface area (Å²) in [5.41, 5.74) is 4.07. The van der Waals surface area contributed by atoms with Crippen LogP contribution in [0.25, 0.3) is 5.57 Å². The van der Waals surface area contributed by atoms with Gasteiger partial charge < -0.3 is 9.80 Å². The van der Waals surface area contributed by atoms with Gasteiger partial charge in [-0.05, 0) is 30.5 Å². The van der Waals surface area contributed by atoms with Crippen molar-refractivity contribution in [3.63, 3.8) is 0 Å². The molecule has 4 heterocycles. The smallest absolute Gasteiger partial charge is 0.320 e. The number of nitriles is 1. The molecule has 0 spiro atoms. The minimum atomic E-state index is 0.0774. The number of amides is 2. The van der Waals surface area contributed by atoms with Crippen LogP contribution in [-0.4, -0.2) is 45.7 Å². The first-order valence-corrected chi connectivity index (χ1v) is 9.78. The van der Waals surface area contributed by atoms with Gasteiger partial charge in [-0.25, -0.2) is 4.79 Å². The van der Waals surface area contributed by atoms with E-state index in [1.807, 2.05) is 21.9 Å². The van der Waals surface area contributed by atoms with Crippen LogP contribution in [0.1, 0.15) is 29.0 Å². The number of rotatable bonds is 1. The van der Waals surface area contributed by atoms with Gasteiger partial charge in [-0.15, -0.1) is 11.3 Å². The molecule has 2 aromatic rings. The average Bonchev–Trinajstić information content (AvgIpc) is 3.30. The first-order chi connectivity index (χ1) is 12.7.